The van der Waals surface area contributed by atoms with Gasteiger partial charge in [-0.25, -0.2) is 8.78 Å². The number of nitrogens with one attached hydrogen (secondary N) is 1. The van der Waals surface area contributed by atoms with E-state index in [-0.39, 0.29) is 12.1 Å². The number of nitrogens with zero attached hydrogens (tertiary/aromatic N) is 1. The first kappa shape index (κ1) is 13.3. The van der Waals surface area contributed by atoms with Gasteiger partial charge in [-0.2, -0.15) is 0 Å². The summed E-state index contributed by atoms with van der Waals surface area (Å²) < 4.78 is 26.9. The van der Waals surface area contributed by atoms with Gasteiger partial charge in [0.1, 0.15) is 11.6 Å². The topological polar surface area (TPSA) is 15.3 Å². The highest BCUT2D eigenvalue weighted by Crippen LogP contribution is 2.18. The van der Waals surface area contributed by atoms with E-state index in [1.54, 1.807) is 0 Å². The first-order valence-corrected chi connectivity index (χ1v) is 6.02. The molecule has 19 heavy (non-hydrogen) atoms. The van der Waals surface area contributed by atoms with Crippen LogP contribution in [0.5, 0.6) is 0 Å². The number of rotatable bonds is 4. The monoisotopic (exact) mass is 262 g/mol. The van der Waals surface area contributed by atoms with Crippen molar-refractivity contribution in [2.24, 2.45) is 0 Å². The number of anilines is 2. The van der Waals surface area contributed by atoms with Crippen molar-refractivity contribution in [2.45, 2.75) is 6.54 Å². The lowest BCUT2D eigenvalue weighted by Gasteiger charge is -2.13. The Labute approximate surface area is 111 Å². The molecule has 4 heteroatoms. The van der Waals surface area contributed by atoms with Crippen LogP contribution in [-0.2, 0) is 6.54 Å². The summed E-state index contributed by atoms with van der Waals surface area (Å²) in [7, 11) is 3.91. The molecule has 0 unspecified atom stereocenters. The third-order valence-corrected chi connectivity index (χ3v) is 2.91. The average molecular weight is 262 g/mol. The van der Waals surface area contributed by atoms with Crippen molar-refractivity contribution in [3.8, 4) is 0 Å². The van der Waals surface area contributed by atoms with Gasteiger partial charge in [0.15, 0.2) is 0 Å². The molecule has 0 bridgehead atoms. The minimum absolute atomic E-state index is 0.0548. The highest BCUT2D eigenvalue weighted by molar-refractivity contribution is 5.54. The molecule has 0 spiro atoms. The van der Waals surface area contributed by atoms with E-state index in [2.05, 4.69) is 5.32 Å². The fraction of sp³-hybridized carbons (Fsp3) is 0.200. The summed E-state index contributed by atoms with van der Waals surface area (Å²) in [5.74, 6) is -1.06. The van der Waals surface area contributed by atoms with Crippen LogP contribution < -0.4 is 10.2 Å². The molecule has 0 heterocycles. The maximum absolute atomic E-state index is 13.4. The van der Waals surface area contributed by atoms with Crippen LogP contribution in [0.4, 0.5) is 20.2 Å². The van der Waals surface area contributed by atoms with E-state index in [4.69, 9.17) is 0 Å². The summed E-state index contributed by atoms with van der Waals surface area (Å²) in [5.41, 5.74) is 1.95. The maximum atomic E-state index is 13.4. The van der Waals surface area contributed by atoms with Crippen molar-refractivity contribution < 1.29 is 8.78 Å². The van der Waals surface area contributed by atoms with Crippen LogP contribution in [0.25, 0.3) is 0 Å². The largest absolute Gasteiger partial charge is 0.381 e. The van der Waals surface area contributed by atoms with E-state index in [0.29, 0.717) is 0 Å². The molecule has 2 rings (SSSR count). The maximum Gasteiger partial charge on any atom is 0.131 e. The van der Waals surface area contributed by atoms with Crippen molar-refractivity contribution in [3.63, 3.8) is 0 Å². The molecule has 2 aromatic rings. The molecule has 0 aromatic heterocycles. The lowest BCUT2D eigenvalue weighted by Crippen LogP contribution is -2.08. The second-order valence-corrected chi connectivity index (χ2v) is 4.50. The second-order valence-electron chi connectivity index (χ2n) is 4.50. The Balaban J connectivity index is 2.06. The fourth-order valence-electron chi connectivity index (χ4n) is 1.77. The van der Waals surface area contributed by atoms with Crippen LogP contribution in [0.2, 0.25) is 0 Å². The van der Waals surface area contributed by atoms with Crippen molar-refractivity contribution in [2.75, 3.05) is 24.3 Å². The number of hydrogen-bond donors (Lipinski definition) is 1. The van der Waals surface area contributed by atoms with Gasteiger partial charge in [-0.15, -0.1) is 0 Å². The molecule has 2 nitrogen and oxygen atoms in total. The molecule has 0 saturated carbocycles. The van der Waals surface area contributed by atoms with Crippen LogP contribution in [0.3, 0.4) is 0 Å². The second kappa shape index (κ2) is 5.69. The lowest BCUT2D eigenvalue weighted by atomic mass is 10.2. The summed E-state index contributed by atoms with van der Waals surface area (Å²) in [5, 5.41) is 3.01. The van der Waals surface area contributed by atoms with E-state index >= 15 is 0 Å². The zero-order chi connectivity index (χ0) is 13.8. The average Bonchev–Trinajstić information content (AvgIpc) is 2.38. The minimum atomic E-state index is -0.530. The van der Waals surface area contributed by atoms with Gasteiger partial charge >= 0.3 is 0 Å². The van der Waals surface area contributed by atoms with Crippen LogP contribution in [0.1, 0.15) is 5.56 Å². The molecule has 1 N–H and O–H groups in total. The summed E-state index contributed by atoms with van der Waals surface area (Å²) in [4.78, 5) is 1.99. The SMILES string of the molecule is CN(C)c1ccc(NCc2c(F)cccc2F)cc1. The van der Waals surface area contributed by atoms with Gasteiger partial charge in [-0.05, 0) is 36.4 Å². The summed E-state index contributed by atoms with van der Waals surface area (Å²) >= 11 is 0. The minimum Gasteiger partial charge on any atom is -0.381 e. The Morgan fingerprint density at radius 3 is 2.05 bits per heavy atom. The molecular formula is C15H16F2N2. The Morgan fingerprint density at radius 1 is 0.947 bits per heavy atom. The highest BCUT2D eigenvalue weighted by atomic mass is 19.1. The van der Waals surface area contributed by atoms with Gasteiger partial charge in [-0.1, -0.05) is 6.07 Å². The number of halogens is 2. The van der Waals surface area contributed by atoms with Gasteiger partial charge in [0, 0.05) is 37.6 Å². The molecule has 0 radical (unpaired) electrons. The summed E-state index contributed by atoms with van der Waals surface area (Å²) in [6, 6.07) is 11.5. The first-order chi connectivity index (χ1) is 9.08. The van der Waals surface area contributed by atoms with E-state index in [9.17, 15) is 8.78 Å². The molecule has 2 aromatic carbocycles. The highest BCUT2D eigenvalue weighted by Gasteiger charge is 2.07. The Hall–Kier alpha value is -2.10. The molecule has 0 fully saturated rings. The van der Waals surface area contributed by atoms with Gasteiger partial charge in [0.05, 0.1) is 0 Å². The molecule has 0 aliphatic heterocycles. The number of hydrogen-bond acceptors (Lipinski definition) is 2. The third-order valence-electron chi connectivity index (χ3n) is 2.91. The van der Waals surface area contributed by atoms with Crippen molar-refractivity contribution in [1.82, 2.24) is 0 Å². The van der Waals surface area contributed by atoms with Crippen LogP contribution in [0, 0.1) is 11.6 Å². The quantitative estimate of drug-likeness (QED) is 0.905. The molecule has 100 valence electrons. The van der Waals surface area contributed by atoms with E-state index in [1.807, 2.05) is 43.3 Å². The van der Waals surface area contributed by atoms with Gasteiger partial charge < -0.3 is 10.2 Å². The summed E-state index contributed by atoms with van der Waals surface area (Å²) in [6.45, 7) is 0.125. The molecule has 0 aliphatic rings. The number of benzene rings is 2. The van der Waals surface area contributed by atoms with E-state index in [0.717, 1.165) is 11.4 Å². The third kappa shape index (κ3) is 3.22. The predicted octanol–water partition coefficient (Wildman–Crippen LogP) is 3.64. The van der Waals surface area contributed by atoms with Crippen LogP contribution in [0.15, 0.2) is 42.5 Å². The lowest BCUT2D eigenvalue weighted by molar-refractivity contribution is 0.560. The van der Waals surface area contributed by atoms with Crippen molar-refractivity contribution >= 4 is 11.4 Å². The Morgan fingerprint density at radius 2 is 1.53 bits per heavy atom. The molecule has 0 amide bonds. The van der Waals surface area contributed by atoms with E-state index in [1.165, 1.54) is 18.2 Å². The van der Waals surface area contributed by atoms with Crippen LogP contribution >= 0.6 is 0 Å². The molecule has 0 atom stereocenters. The Kier molecular flexibility index (Phi) is 4.00. The fourth-order valence-corrected chi connectivity index (χ4v) is 1.77. The zero-order valence-electron chi connectivity index (χ0n) is 11.0. The zero-order valence-corrected chi connectivity index (χ0v) is 11.0. The van der Waals surface area contributed by atoms with Gasteiger partial charge in [-0.3, -0.25) is 0 Å². The van der Waals surface area contributed by atoms with Gasteiger partial charge in [0.25, 0.3) is 0 Å². The van der Waals surface area contributed by atoms with Gasteiger partial charge in [0.2, 0.25) is 0 Å². The van der Waals surface area contributed by atoms with Crippen molar-refractivity contribution in [1.29, 1.82) is 0 Å². The van der Waals surface area contributed by atoms with Crippen molar-refractivity contribution in [3.05, 3.63) is 59.7 Å². The smallest absolute Gasteiger partial charge is 0.131 e. The first-order valence-electron chi connectivity index (χ1n) is 6.02. The molecular weight excluding hydrogens is 246 g/mol. The Bertz CT molecular complexity index is 530. The standard InChI is InChI=1S/C15H16F2N2/c1-19(2)12-8-6-11(7-9-12)18-10-13-14(16)4-3-5-15(13)17/h3-9,18H,10H2,1-2H3. The summed E-state index contributed by atoms with van der Waals surface area (Å²) in [6.07, 6.45) is 0. The van der Waals surface area contributed by atoms with E-state index < -0.39 is 11.6 Å². The van der Waals surface area contributed by atoms with Crippen LogP contribution in [-0.4, -0.2) is 14.1 Å². The molecule has 0 aliphatic carbocycles. The predicted molar refractivity (Wildman–Crippen MR) is 74.5 cm³/mol. The molecule has 0 saturated heterocycles. The normalized spacial score (nSPS) is 10.3.